The minimum absolute atomic E-state index is 0.193. The Morgan fingerprint density at radius 1 is 1.21 bits per heavy atom. The third kappa shape index (κ3) is 6.30. The van der Waals surface area contributed by atoms with Crippen LogP contribution in [0.25, 0.3) is 11.3 Å². The molecular formula is C21H22FN7O4. The van der Waals surface area contributed by atoms with Crippen LogP contribution in [0.15, 0.2) is 30.6 Å². The van der Waals surface area contributed by atoms with E-state index in [1.54, 1.807) is 13.0 Å². The molecule has 0 bridgehead atoms. The normalized spacial score (nSPS) is 10.2. The third-order valence-corrected chi connectivity index (χ3v) is 4.24. The van der Waals surface area contributed by atoms with Gasteiger partial charge in [-0.1, -0.05) is 0 Å². The fourth-order valence-corrected chi connectivity index (χ4v) is 2.82. The van der Waals surface area contributed by atoms with Gasteiger partial charge in [0, 0.05) is 24.7 Å². The number of H-pyrrole nitrogens is 1. The second kappa shape index (κ2) is 11.3. The van der Waals surface area contributed by atoms with Gasteiger partial charge in [0.05, 0.1) is 44.0 Å². The van der Waals surface area contributed by atoms with Crippen LogP contribution in [0.5, 0.6) is 11.5 Å². The van der Waals surface area contributed by atoms with E-state index in [-0.39, 0.29) is 30.4 Å². The smallest absolute Gasteiger partial charge is 0.407 e. The number of rotatable bonds is 10. The predicted octanol–water partition coefficient (Wildman–Crippen LogP) is 3.14. The van der Waals surface area contributed by atoms with Crippen molar-refractivity contribution in [3.8, 4) is 28.8 Å². The number of halogens is 1. The van der Waals surface area contributed by atoms with E-state index in [1.807, 2.05) is 6.07 Å². The lowest BCUT2D eigenvalue weighted by Crippen LogP contribution is -2.26. The predicted molar refractivity (Wildman–Crippen MR) is 116 cm³/mol. The number of aromatic amines is 1. The number of benzene rings is 1. The minimum atomic E-state index is -0.527. The van der Waals surface area contributed by atoms with Crippen molar-refractivity contribution >= 4 is 17.7 Å². The first-order chi connectivity index (χ1) is 16.0. The van der Waals surface area contributed by atoms with Gasteiger partial charge in [-0.3, -0.25) is 5.10 Å². The lowest BCUT2D eigenvalue weighted by molar-refractivity contribution is 0.151. The zero-order valence-electron chi connectivity index (χ0n) is 18.0. The molecule has 2 aromatic heterocycles. The summed E-state index contributed by atoms with van der Waals surface area (Å²) < 4.78 is 30.0. The number of nitrogens with one attached hydrogen (secondary N) is 3. The van der Waals surface area contributed by atoms with Gasteiger partial charge in [-0.05, 0) is 13.3 Å². The highest BCUT2D eigenvalue weighted by atomic mass is 19.1. The average Bonchev–Trinajstić information content (AvgIpc) is 3.27. The molecule has 0 saturated carbocycles. The summed E-state index contributed by atoms with van der Waals surface area (Å²) >= 11 is 0. The lowest BCUT2D eigenvalue weighted by atomic mass is 10.1. The van der Waals surface area contributed by atoms with Gasteiger partial charge in [-0.2, -0.15) is 10.4 Å². The molecule has 3 rings (SSSR count). The Balaban J connectivity index is 1.73. The first kappa shape index (κ1) is 23.3. The molecule has 0 aliphatic heterocycles. The highest BCUT2D eigenvalue weighted by molar-refractivity contribution is 5.76. The zero-order valence-corrected chi connectivity index (χ0v) is 18.0. The summed E-state index contributed by atoms with van der Waals surface area (Å²) in [4.78, 5) is 19.4. The largest absolute Gasteiger partial charge is 0.496 e. The number of hydrogen-bond acceptors (Lipinski definition) is 9. The van der Waals surface area contributed by atoms with Gasteiger partial charge >= 0.3 is 6.09 Å². The average molecular weight is 455 g/mol. The summed E-state index contributed by atoms with van der Waals surface area (Å²) in [6, 6.07) is 6.05. The number of aromatic nitrogens is 4. The Labute approximate surface area is 188 Å². The van der Waals surface area contributed by atoms with Crippen molar-refractivity contribution in [1.29, 1.82) is 5.26 Å². The first-order valence-corrected chi connectivity index (χ1v) is 10.00. The summed E-state index contributed by atoms with van der Waals surface area (Å²) in [6.07, 6.45) is 2.71. The van der Waals surface area contributed by atoms with E-state index in [2.05, 4.69) is 30.8 Å². The van der Waals surface area contributed by atoms with Crippen molar-refractivity contribution in [3.05, 3.63) is 42.1 Å². The summed E-state index contributed by atoms with van der Waals surface area (Å²) in [5.74, 6) is 0.781. The second-order valence-electron chi connectivity index (χ2n) is 6.52. The van der Waals surface area contributed by atoms with Gasteiger partial charge in [0.15, 0.2) is 11.5 Å². The Kier molecular flexibility index (Phi) is 7.96. The molecule has 12 heteroatoms. The number of ether oxygens (including phenoxy) is 3. The van der Waals surface area contributed by atoms with Crippen LogP contribution in [0.1, 0.15) is 19.0 Å². The van der Waals surface area contributed by atoms with Crippen LogP contribution in [0.3, 0.4) is 0 Å². The maximum absolute atomic E-state index is 14.1. The number of hydrogen-bond donors (Lipinski definition) is 3. The molecule has 0 aliphatic carbocycles. The fraction of sp³-hybridized carbons (Fsp3) is 0.286. The van der Waals surface area contributed by atoms with E-state index in [0.717, 1.165) is 0 Å². The Morgan fingerprint density at radius 2 is 2.03 bits per heavy atom. The van der Waals surface area contributed by atoms with Gasteiger partial charge in [-0.25, -0.2) is 19.2 Å². The van der Waals surface area contributed by atoms with E-state index in [4.69, 9.17) is 19.5 Å². The maximum atomic E-state index is 14.1. The molecule has 1 aromatic carbocycles. The lowest BCUT2D eigenvalue weighted by Gasteiger charge is -2.14. The maximum Gasteiger partial charge on any atom is 0.407 e. The van der Waals surface area contributed by atoms with Crippen LogP contribution >= 0.6 is 0 Å². The monoisotopic (exact) mass is 455 g/mol. The summed E-state index contributed by atoms with van der Waals surface area (Å²) in [7, 11) is 1.42. The van der Waals surface area contributed by atoms with E-state index in [1.165, 1.54) is 31.6 Å². The molecule has 172 valence electrons. The van der Waals surface area contributed by atoms with Gasteiger partial charge in [-0.15, -0.1) is 0 Å². The molecule has 3 aromatic rings. The number of amides is 1. The standard InChI is InChI=1S/C21H22FN7O4/c1-3-32-21(30)24-5-4-6-33-17-8-13(22)7-16(31-2)20(17)15-9-18(29-28-15)27-19-12-25-14(10-23)11-26-19/h7-9,11-12H,3-6H2,1-2H3,(H,24,30)(H2,26,27,28,29). The van der Waals surface area contributed by atoms with Crippen LogP contribution in [0, 0.1) is 17.1 Å². The quantitative estimate of drug-likeness (QED) is 0.392. The van der Waals surface area contributed by atoms with E-state index in [9.17, 15) is 9.18 Å². The molecule has 0 unspecified atom stereocenters. The molecule has 1 amide bonds. The zero-order chi connectivity index (χ0) is 23.6. The number of alkyl carbamates (subject to hydrolysis) is 1. The van der Waals surface area contributed by atoms with Gasteiger partial charge in [0.25, 0.3) is 0 Å². The van der Waals surface area contributed by atoms with Crippen LogP contribution < -0.4 is 20.1 Å². The number of nitrogens with zero attached hydrogens (tertiary/aromatic N) is 4. The summed E-state index contributed by atoms with van der Waals surface area (Å²) in [5, 5.41) is 21.4. The van der Waals surface area contributed by atoms with Crippen molar-refractivity contribution < 1.29 is 23.4 Å². The van der Waals surface area contributed by atoms with Crippen molar-refractivity contribution in [2.75, 3.05) is 32.2 Å². The van der Waals surface area contributed by atoms with E-state index < -0.39 is 11.9 Å². The highest BCUT2D eigenvalue weighted by Gasteiger charge is 2.18. The highest BCUT2D eigenvalue weighted by Crippen LogP contribution is 2.39. The summed E-state index contributed by atoms with van der Waals surface area (Å²) in [5.41, 5.74) is 1.18. The molecule has 3 N–H and O–H groups in total. The topological polar surface area (TPSA) is 147 Å². The number of nitriles is 1. The van der Waals surface area contributed by atoms with Crippen molar-refractivity contribution in [2.24, 2.45) is 0 Å². The van der Waals surface area contributed by atoms with Crippen LogP contribution in [0.4, 0.5) is 20.8 Å². The van der Waals surface area contributed by atoms with Gasteiger partial charge in [0.2, 0.25) is 0 Å². The molecule has 0 atom stereocenters. The number of anilines is 2. The van der Waals surface area contributed by atoms with Crippen molar-refractivity contribution in [1.82, 2.24) is 25.5 Å². The number of carbonyl (C=O) groups excluding carboxylic acids is 1. The molecule has 2 heterocycles. The van der Waals surface area contributed by atoms with Crippen molar-refractivity contribution in [2.45, 2.75) is 13.3 Å². The van der Waals surface area contributed by atoms with E-state index >= 15 is 0 Å². The number of methoxy groups -OCH3 is 1. The van der Waals surface area contributed by atoms with Crippen molar-refractivity contribution in [3.63, 3.8) is 0 Å². The molecule has 0 radical (unpaired) electrons. The Bertz CT molecular complexity index is 1130. The van der Waals surface area contributed by atoms with Crippen LogP contribution in [0.2, 0.25) is 0 Å². The van der Waals surface area contributed by atoms with Crippen LogP contribution in [-0.2, 0) is 4.74 Å². The molecule has 0 aliphatic rings. The fourth-order valence-electron chi connectivity index (χ4n) is 2.82. The molecule has 11 nitrogen and oxygen atoms in total. The van der Waals surface area contributed by atoms with E-state index in [0.29, 0.717) is 35.9 Å². The molecule has 0 spiro atoms. The molecule has 0 fully saturated rings. The first-order valence-electron chi connectivity index (χ1n) is 10.00. The Morgan fingerprint density at radius 3 is 2.73 bits per heavy atom. The second-order valence-corrected chi connectivity index (χ2v) is 6.52. The minimum Gasteiger partial charge on any atom is -0.496 e. The summed E-state index contributed by atoms with van der Waals surface area (Å²) in [6.45, 7) is 2.56. The molecule has 0 saturated heterocycles. The third-order valence-electron chi connectivity index (χ3n) is 4.24. The van der Waals surface area contributed by atoms with Gasteiger partial charge < -0.3 is 24.8 Å². The van der Waals surface area contributed by atoms with Gasteiger partial charge in [0.1, 0.15) is 29.2 Å². The molecular weight excluding hydrogens is 433 g/mol. The SMILES string of the molecule is CCOC(=O)NCCCOc1cc(F)cc(OC)c1-c1cc(Nc2cnc(C#N)cn2)n[nH]1. The Hall–Kier alpha value is -4.40. The number of carbonyl (C=O) groups is 1. The molecule has 33 heavy (non-hydrogen) atoms. The van der Waals surface area contributed by atoms with Crippen LogP contribution in [-0.4, -0.2) is 53.1 Å².